The highest BCUT2D eigenvalue weighted by atomic mass is 15.1. The second-order valence-electron chi connectivity index (χ2n) is 1.69. The SMILES string of the molecule is C/C=C\C(C)=C/N=NC. The molecule has 0 aromatic heterocycles. The van der Waals surface area contributed by atoms with E-state index >= 15 is 0 Å². The van der Waals surface area contributed by atoms with Gasteiger partial charge in [0.15, 0.2) is 0 Å². The Bertz CT molecular complexity index is 143. The van der Waals surface area contributed by atoms with Gasteiger partial charge in [0.05, 0.1) is 6.20 Å². The summed E-state index contributed by atoms with van der Waals surface area (Å²) in [6, 6.07) is 0. The first-order valence-corrected chi connectivity index (χ1v) is 2.89. The van der Waals surface area contributed by atoms with Gasteiger partial charge in [0.25, 0.3) is 0 Å². The van der Waals surface area contributed by atoms with Gasteiger partial charge in [-0.05, 0) is 19.4 Å². The first kappa shape index (κ1) is 8.08. The van der Waals surface area contributed by atoms with Crippen LogP contribution in [0.2, 0.25) is 0 Å². The van der Waals surface area contributed by atoms with Crippen LogP contribution < -0.4 is 0 Å². The van der Waals surface area contributed by atoms with Gasteiger partial charge in [0, 0.05) is 7.05 Å². The molecule has 0 spiro atoms. The van der Waals surface area contributed by atoms with E-state index in [0.717, 1.165) is 5.57 Å². The number of nitrogens with zero attached hydrogens (tertiary/aromatic N) is 2. The Kier molecular flexibility index (Phi) is 4.69. The Morgan fingerprint density at radius 2 is 2.11 bits per heavy atom. The van der Waals surface area contributed by atoms with Crippen LogP contribution in [0.15, 0.2) is 34.2 Å². The Balaban J connectivity index is 3.84. The van der Waals surface area contributed by atoms with Crippen molar-refractivity contribution in [3.8, 4) is 0 Å². The highest BCUT2D eigenvalue weighted by Gasteiger charge is 1.74. The molecule has 0 radical (unpaired) electrons. The van der Waals surface area contributed by atoms with Crippen molar-refractivity contribution in [1.29, 1.82) is 0 Å². The molecule has 0 aliphatic rings. The van der Waals surface area contributed by atoms with Crippen molar-refractivity contribution in [2.45, 2.75) is 13.8 Å². The second kappa shape index (κ2) is 5.22. The average molecular weight is 124 g/mol. The largest absolute Gasteiger partial charge is 0.193 e. The van der Waals surface area contributed by atoms with Crippen LogP contribution in [0.1, 0.15) is 13.8 Å². The van der Waals surface area contributed by atoms with Crippen molar-refractivity contribution in [3.05, 3.63) is 23.9 Å². The van der Waals surface area contributed by atoms with E-state index in [0.29, 0.717) is 0 Å². The molecule has 0 saturated carbocycles. The third kappa shape index (κ3) is 4.94. The third-order valence-corrected chi connectivity index (χ3v) is 0.806. The minimum absolute atomic E-state index is 1.11. The standard InChI is InChI=1S/C7H12N2/c1-4-5-7(2)6-9-8-3/h4-6H,1-3H3/b5-4-,7-6-,9-8?. The van der Waals surface area contributed by atoms with E-state index in [-0.39, 0.29) is 0 Å². The van der Waals surface area contributed by atoms with Crippen molar-refractivity contribution in [2.75, 3.05) is 7.05 Å². The van der Waals surface area contributed by atoms with E-state index < -0.39 is 0 Å². The molecule has 2 nitrogen and oxygen atoms in total. The van der Waals surface area contributed by atoms with E-state index in [1.54, 1.807) is 13.2 Å². The number of azo groups is 1. The summed E-state index contributed by atoms with van der Waals surface area (Å²) in [5, 5.41) is 7.27. The van der Waals surface area contributed by atoms with Crippen molar-refractivity contribution < 1.29 is 0 Å². The summed E-state index contributed by atoms with van der Waals surface area (Å²) in [7, 11) is 1.65. The maximum absolute atomic E-state index is 3.70. The van der Waals surface area contributed by atoms with Gasteiger partial charge in [-0.1, -0.05) is 12.2 Å². The Labute approximate surface area is 56.0 Å². The van der Waals surface area contributed by atoms with Crippen LogP contribution in [0.5, 0.6) is 0 Å². The van der Waals surface area contributed by atoms with E-state index in [2.05, 4.69) is 10.2 Å². The molecule has 2 heteroatoms. The third-order valence-electron chi connectivity index (χ3n) is 0.806. The molecule has 0 aromatic rings. The van der Waals surface area contributed by atoms with Gasteiger partial charge in [-0.3, -0.25) is 0 Å². The van der Waals surface area contributed by atoms with E-state index in [1.165, 1.54) is 0 Å². The predicted molar refractivity (Wildman–Crippen MR) is 39.4 cm³/mol. The monoisotopic (exact) mass is 124 g/mol. The van der Waals surface area contributed by atoms with Crippen molar-refractivity contribution in [3.63, 3.8) is 0 Å². The number of hydrogen-bond acceptors (Lipinski definition) is 2. The quantitative estimate of drug-likeness (QED) is 0.399. The van der Waals surface area contributed by atoms with Crippen LogP contribution in [0.3, 0.4) is 0 Å². The van der Waals surface area contributed by atoms with Crippen LogP contribution in [-0.2, 0) is 0 Å². The maximum atomic E-state index is 3.70. The van der Waals surface area contributed by atoms with Crippen LogP contribution in [0.4, 0.5) is 0 Å². The van der Waals surface area contributed by atoms with E-state index in [9.17, 15) is 0 Å². The summed E-state index contributed by atoms with van der Waals surface area (Å²) in [6.45, 7) is 3.95. The molecule has 0 unspecified atom stereocenters. The lowest BCUT2D eigenvalue weighted by Crippen LogP contribution is -1.62. The highest BCUT2D eigenvalue weighted by molar-refractivity contribution is 5.13. The minimum Gasteiger partial charge on any atom is -0.193 e. The van der Waals surface area contributed by atoms with Gasteiger partial charge < -0.3 is 0 Å². The van der Waals surface area contributed by atoms with Crippen molar-refractivity contribution in [1.82, 2.24) is 0 Å². The van der Waals surface area contributed by atoms with E-state index in [4.69, 9.17) is 0 Å². The van der Waals surface area contributed by atoms with E-state index in [1.807, 2.05) is 26.0 Å². The first-order chi connectivity index (χ1) is 4.31. The molecule has 50 valence electrons. The summed E-state index contributed by atoms with van der Waals surface area (Å²) < 4.78 is 0. The summed E-state index contributed by atoms with van der Waals surface area (Å²) in [5.41, 5.74) is 1.11. The van der Waals surface area contributed by atoms with Crippen molar-refractivity contribution in [2.24, 2.45) is 10.2 Å². The van der Waals surface area contributed by atoms with Gasteiger partial charge in [-0.2, -0.15) is 10.2 Å². The molecule has 0 aromatic carbocycles. The zero-order chi connectivity index (χ0) is 7.11. The van der Waals surface area contributed by atoms with Crippen LogP contribution >= 0.6 is 0 Å². The van der Waals surface area contributed by atoms with Gasteiger partial charge >= 0.3 is 0 Å². The fourth-order valence-corrected chi connectivity index (χ4v) is 0.455. The summed E-state index contributed by atoms with van der Waals surface area (Å²) in [6.07, 6.45) is 5.67. The van der Waals surface area contributed by atoms with Crippen LogP contribution in [0.25, 0.3) is 0 Å². The predicted octanol–water partition coefficient (Wildman–Crippen LogP) is 2.55. The lowest BCUT2D eigenvalue weighted by Gasteiger charge is -1.82. The molecule has 0 bridgehead atoms. The first-order valence-electron chi connectivity index (χ1n) is 2.89. The molecule has 0 saturated heterocycles. The smallest absolute Gasteiger partial charge is 0.0520 e. The fourth-order valence-electron chi connectivity index (χ4n) is 0.455. The zero-order valence-corrected chi connectivity index (χ0v) is 6.13. The number of allylic oxidation sites excluding steroid dienone is 3. The summed E-state index contributed by atoms with van der Waals surface area (Å²) >= 11 is 0. The summed E-state index contributed by atoms with van der Waals surface area (Å²) in [5.74, 6) is 0. The molecule has 9 heavy (non-hydrogen) atoms. The molecule has 0 heterocycles. The molecule has 0 fully saturated rings. The van der Waals surface area contributed by atoms with Gasteiger partial charge in [-0.15, -0.1) is 0 Å². The number of hydrogen-bond donors (Lipinski definition) is 0. The Morgan fingerprint density at radius 3 is 2.56 bits per heavy atom. The van der Waals surface area contributed by atoms with Crippen LogP contribution in [0, 0.1) is 0 Å². The number of rotatable bonds is 2. The fraction of sp³-hybridized carbons (Fsp3) is 0.429. The highest BCUT2D eigenvalue weighted by Crippen LogP contribution is 1.93. The zero-order valence-electron chi connectivity index (χ0n) is 6.13. The normalized spacial score (nSPS) is 13.9. The summed E-state index contributed by atoms with van der Waals surface area (Å²) in [4.78, 5) is 0. The molecule has 0 aliphatic heterocycles. The molecule has 0 aliphatic carbocycles. The molecule has 0 rings (SSSR count). The molecular weight excluding hydrogens is 112 g/mol. The molecular formula is C7H12N2. The van der Waals surface area contributed by atoms with Crippen LogP contribution in [-0.4, -0.2) is 7.05 Å². The lowest BCUT2D eigenvalue weighted by atomic mass is 10.3. The Hall–Kier alpha value is -0.920. The van der Waals surface area contributed by atoms with Gasteiger partial charge in [0.2, 0.25) is 0 Å². The van der Waals surface area contributed by atoms with Gasteiger partial charge in [-0.25, -0.2) is 0 Å². The van der Waals surface area contributed by atoms with Gasteiger partial charge in [0.1, 0.15) is 0 Å². The maximum Gasteiger partial charge on any atom is 0.0520 e. The topological polar surface area (TPSA) is 24.7 Å². The van der Waals surface area contributed by atoms with Crippen molar-refractivity contribution >= 4 is 0 Å². The average Bonchev–Trinajstić information content (AvgIpc) is 1.85. The Morgan fingerprint density at radius 1 is 1.44 bits per heavy atom. The minimum atomic E-state index is 1.11. The molecule has 0 atom stereocenters. The molecule has 0 N–H and O–H groups in total. The molecule has 0 amide bonds. The lowest BCUT2D eigenvalue weighted by molar-refractivity contribution is 1.15. The second-order valence-corrected chi connectivity index (χ2v) is 1.69.